The van der Waals surface area contributed by atoms with Crippen LogP contribution in [-0.2, 0) is 20.7 Å². The number of aliphatic hydroxyl groups excluding tert-OH is 2. The minimum absolute atomic E-state index is 0.126. The fourth-order valence-electron chi connectivity index (χ4n) is 2.43. The summed E-state index contributed by atoms with van der Waals surface area (Å²) >= 11 is 0. The summed E-state index contributed by atoms with van der Waals surface area (Å²) < 4.78 is 5.23. The van der Waals surface area contributed by atoms with Crippen molar-refractivity contribution in [2.24, 2.45) is 0 Å². The van der Waals surface area contributed by atoms with E-state index in [4.69, 9.17) is 4.74 Å². The van der Waals surface area contributed by atoms with E-state index in [0.29, 0.717) is 25.3 Å². The summed E-state index contributed by atoms with van der Waals surface area (Å²) in [5, 5.41) is 22.3. The van der Waals surface area contributed by atoms with E-state index in [1.54, 1.807) is 0 Å². The Bertz CT molecular complexity index is 617. The summed E-state index contributed by atoms with van der Waals surface area (Å²) in [6, 6.07) is 9.60. The zero-order valence-corrected chi connectivity index (χ0v) is 14.2. The quantitative estimate of drug-likeness (QED) is 0.606. The first-order valence-corrected chi connectivity index (χ1v) is 8.23. The highest BCUT2D eigenvalue weighted by Crippen LogP contribution is 2.08. The lowest BCUT2D eigenvalue weighted by Crippen LogP contribution is -2.50. The Morgan fingerprint density at radius 1 is 1.24 bits per heavy atom. The molecule has 0 saturated carbocycles. The molecule has 0 unspecified atom stereocenters. The van der Waals surface area contributed by atoms with Gasteiger partial charge >= 0.3 is 0 Å². The topological polar surface area (TPSA) is 99.1 Å². The number of likely N-dealkylation sites (N-methyl/N-ethyl adjacent to an activating group) is 1. The van der Waals surface area contributed by atoms with Crippen molar-refractivity contribution in [3.63, 3.8) is 0 Å². The smallest absolute Gasteiger partial charge is 0.254 e. The highest BCUT2D eigenvalue weighted by molar-refractivity contribution is 5.90. The summed E-state index contributed by atoms with van der Waals surface area (Å²) in [5.74, 6) is -0.898. The monoisotopic (exact) mass is 348 g/mol. The van der Waals surface area contributed by atoms with Gasteiger partial charge < -0.3 is 25.2 Å². The summed E-state index contributed by atoms with van der Waals surface area (Å²) in [4.78, 5) is 25.3. The Hall–Kier alpha value is -2.38. The second kappa shape index (κ2) is 9.19. The normalized spacial score (nSPS) is 15.7. The molecule has 2 amide bonds. The molecular weight excluding hydrogens is 324 g/mol. The lowest BCUT2D eigenvalue weighted by atomic mass is 10.1. The molecule has 0 radical (unpaired) electrons. The van der Waals surface area contributed by atoms with E-state index >= 15 is 0 Å². The van der Waals surface area contributed by atoms with Gasteiger partial charge in [-0.25, -0.2) is 0 Å². The van der Waals surface area contributed by atoms with Gasteiger partial charge in [-0.3, -0.25) is 9.59 Å². The molecule has 0 bridgehead atoms. The number of nitrogens with zero attached hydrogens (tertiary/aromatic N) is 1. The van der Waals surface area contributed by atoms with Crippen LogP contribution in [-0.4, -0.2) is 65.9 Å². The standard InChI is InChI=1S/C18H24N2O5/c1-20(10-9-13-6-3-2-4-7-13)18(24)16(22)15(21)17(23)19-12-14-8-5-11-25-14/h2-4,6-8,15-16,21-22H,5,9-12H2,1H3,(H,19,23)/t15-,16-/m1/s1. The SMILES string of the molecule is CN(CCc1ccccc1)C(=O)[C@H](O)[C@@H](O)C(=O)NCC1=CCCO1. The van der Waals surface area contributed by atoms with Crippen LogP contribution in [0, 0.1) is 0 Å². The Balaban J connectivity index is 1.79. The third kappa shape index (κ3) is 5.58. The zero-order valence-electron chi connectivity index (χ0n) is 14.2. The molecule has 0 aliphatic carbocycles. The molecule has 0 saturated heterocycles. The number of aliphatic hydroxyl groups is 2. The first-order valence-electron chi connectivity index (χ1n) is 8.23. The van der Waals surface area contributed by atoms with E-state index < -0.39 is 24.0 Å². The predicted molar refractivity (Wildman–Crippen MR) is 91.5 cm³/mol. The van der Waals surface area contributed by atoms with Crippen molar-refractivity contribution >= 4 is 11.8 Å². The number of hydrogen-bond acceptors (Lipinski definition) is 5. The van der Waals surface area contributed by atoms with Crippen LogP contribution in [0.5, 0.6) is 0 Å². The fraction of sp³-hybridized carbons (Fsp3) is 0.444. The maximum absolute atomic E-state index is 12.2. The molecule has 1 aromatic carbocycles. The lowest BCUT2D eigenvalue weighted by Gasteiger charge is -2.23. The third-order valence-corrected chi connectivity index (χ3v) is 3.99. The van der Waals surface area contributed by atoms with Crippen molar-refractivity contribution in [2.45, 2.75) is 25.0 Å². The molecule has 25 heavy (non-hydrogen) atoms. The number of amides is 2. The molecule has 7 nitrogen and oxygen atoms in total. The van der Waals surface area contributed by atoms with Crippen molar-refractivity contribution in [3.05, 3.63) is 47.7 Å². The van der Waals surface area contributed by atoms with Gasteiger partial charge in [0, 0.05) is 20.0 Å². The summed E-state index contributed by atoms with van der Waals surface area (Å²) in [7, 11) is 1.52. The summed E-state index contributed by atoms with van der Waals surface area (Å²) in [6.45, 7) is 1.07. The van der Waals surface area contributed by atoms with Gasteiger partial charge in [0.2, 0.25) is 0 Å². The van der Waals surface area contributed by atoms with Gasteiger partial charge in [-0.05, 0) is 18.1 Å². The number of rotatable bonds is 8. The van der Waals surface area contributed by atoms with Gasteiger partial charge in [0.25, 0.3) is 11.8 Å². The Morgan fingerprint density at radius 2 is 1.96 bits per heavy atom. The Kier molecular flexibility index (Phi) is 6.97. The molecule has 1 aliphatic heterocycles. The van der Waals surface area contributed by atoms with E-state index in [9.17, 15) is 19.8 Å². The largest absolute Gasteiger partial charge is 0.496 e. The molecule has 1 aliphatic rings. The van der Waals surface area contributed by atoms with Crippen LogP contribution in [0.25, 0.3) is 0 Å². The molecule has 0 fully saturated rings. The van der Waals surface area contributed by atoms with Crippen LogP contribution >= 0.6 is 0 Å². The van der Waals surface area contributed by atoms with Crippen molar-refractivity contribution in [1.82, 2.24) is 10.2 Å². The molecule has 1 heterocycles. The summed E-state index contributed by atoms with van der Waals surface area (Å²) in [5.41, 5.74) is 1.06. The van der Waals surface area contributed by atoms with Gasteiger partial charge in [-0.2, -0.15) is 0 Å². The highest BCUT2D eigenvalue weighted by atomic mass is 16.5. The Labute approximate surface area is 146 Å². The molecular formula is C18H24N2O5. The van der Waals surface area contributed by atoms with E-state index in [1.165, 1.54) is 11.9 Å². The number of ether oxygens (including phenoxy) is 1. The van der Waals surface area contributed by atoms with Crippen LogP contribution < -0.4 is 5.32 Å². The molecule has 1 aromatic rings. The summed E-state index contributed by atoms with van der Waals surface area (Å²) in [6.07, 6.45) is -0.399. The van der Waals surface area contributed by atoms with Gasteiger partial charge in [0.05, 0.1) is 13.2 Å². The van der Waals surface area contributed by atoms with Crippen molar-refractivity contribution in [2.75, 3.05) is 26.7 Å². The van der Waals surface area contributed by atoms with Crippen LogP contribution in [0.1, 0.15) is 12.0 Å². The van der Waals surface area contributed by atoms with Crippen molar-refractivity contribution in [3.8, 4) is 0 Å². The number of nitrogens with one attached hydrogen (secondary N) is 1. The van der Waals surface area contributed by atoms with Gasteiger partial charge in [-0.1, -0.05) is 30.3 Å². The van der Waals surface area contributed by atoms with E-state index in [-0.39, 0.29) is 6.54 Å². The van der Waals surface area contributed by atoms with Gasteiger partial charge in [-0.15, -0.1) is 0 Å². The van der Waals surface area contributed by atoms with Crippen molar-refractivity contribution < 1.29 is 24.5 Å². The number of carbonyl (C=O) groups excluding carboxylic acids is 2. The molecule has 136 valence electrons. The van der Waals surface area contributed by atoms with Gasteiger partial charge in [0.15, 0.2) is 12.2 Å². The molecule has 0 aromatic heterocycles. The van der Waals surface area contributed by atoms with Crippen LogP contribution in [0.3, 0.4) is 0 Å². The van der Waals surface area contributed by atoms with Crippen molar-refractivity contribution in [1.29, 1.82) is 0 Å². The average molecular weight is 348 g/mol. The first kappa shape index (κ1) is 19.0. The predicted octanol–water partition coefficient (Wildman–Crippen LogP) is -0.170. The molecule has 2 atom stereocenters. The first-order chi connectivity index (χ1) is 12.0. The fourth-order valence-corrected chi connectivity index (χ4v) is 2.43. The maximum Gasteiger partial charge on any atom is 0.254 e. The molecule has 0 spiro atoms. The van der Waals surface area contributed by atoms with Crippen LogP contribution in [0.15, 0.2) is 42.2 Å². The second-order valence-electron chi connectivity index (χ2n) is 5.91. The minimum atomic E-state index is -1.83. The minimum Gasteiger partial charge on any atom is -0.496 e. The highest BCUT2D eigenvalue weighted by Gasteiger charge is 2.32. The molecule has 3 N–H and O–H groups in total. The maximum atomic E-state index is 12.2. The van der Waals surface area contributed by atoms with Crippen LogP contribution in [0.2, 0.25) is 0 Å². The Morgan fingerprint density at radius 3 is 2.60 bits per heavy atom. The lowest BCUT2D eigenvalue weighted by molar-refractivity contribution is -0.152. The average Bonchev–Trinajstić information content (AvgIpc) is 3.16. The number of benzene rings is 1. The second-order valence-corrected chi connectivity index (χ2v) is 5.91. The van der Waals surface area contributed by atoms with E-state index in [2.05, 4.69) is 5.32 Å². The molecule has 2 rings (SSSR count). The third-order valence-electron chi connectivity index (χ3n) is 3.99. The molecule has 7 heteroatoms. The van der Waals surface area contributed by atoms with Crippen LogP contribution in [0.4, 0.5) is 0 Å². The number of hydrogen-bond donors (Lipinski definition) is 3. The number of carbonyl (C=O) groups is 2. The van der Waals surface area contributed by atoms with E-state index in [1.807, 2.05) is 36.4 Å². The van der Waals surface area contributed by atoms with E-state index in [0.717, 1.165) is 12.0 Å². The zero-order chi connectivity index (χ0) is 18.2. The van der Waals surface area contributed by atoms with Gasteiger partial charge in [0.1, 0.15) is 5.76 Å².